The Morgan fingerprint density at radius 2 is 2.00 bits per heavy atom. The fourth-order valence-electron chi connectivity index (χ4n) is 2.51. The molecule has 3 rings (SSSR count). The molecule has 98 valence electrons. The van der Waals surface area contributed by atoms with Crippen molar-refractivity contribution in [2.45, 2.75) is 25.3 Å². The fraction of sp³-hybridized carbons (Fsp3) is 0.267. The van der Waals surface area contributed by atoms with Crippen LogP contribution in [0.1, 0.15) is 28.1 Å². The fourth-order valence-corrected chi connectivity index (χ4v) is 2.66. The summed E-state index contributed by atoms with van der Waals surface area (Å²) < 4.78 is 5.11. The van der Waals surface area contributed by atoms with Crippen LogP contribution < -0.4 is 5.32 Å². The van der Waals surface area contributed by atoms with Gasteiger partial charge in [-0.15, -0.1) is 0 Å². The number of halogens is 1. The number of carbonyl (C=O) groups excluding carboxylic acids is 1. The Morgan fingerprint density at radius 3 is 2.74 bits per heavy atom. The zero-order valence-electron chi connectivity index (χ0n) is 10.4. The monoisotopic (exact) mass is 275 g/mol. The molecule has 1 unspecified atom stereocenters. The summed E-state index contributed by atoms with van der Waals surface area (Å²) in [5.41, 5.74) is 2.70. The molecule has 1 heterocycles. The van der Waals surface area contributed by atoms with E-state index in [1.807, 2.05) is 6.07 Å². The van der Waals surface area contributed by atoms with Gasteiger partial charge in [0, 0.05) is 6.04 Å². The summed E-state index contributed by atoms with van der Waals surface area (Å²) in [5.74, 6) is 0.0696. The molecular weight excluding hydrogens is 262 g/mol. The Bertz CT molecular complexity index is 606. The first-order valence-corrected chi connectivity index (χ1v) is 6.73. The van der Waals surface area contributed by atoms with Gasteiger partial charge in [0.1, 0.15) is 0 Å². The third-order valence-electron chi connectivity index (χ3n) is 3.48. The van der Waals surface area contributed by atoms with E-state index < -0.39 is 0 Å². The average Bonchev–Trinajstić information content (AvgIpc) is 2.85. The molecule has 0 saturated carbocycles. The normalized spacial score (nSPS) is 17.8. The van der Waals surface area contributed by atoms with Crippen LogP contribution in [0.25, 0.3) is 0 Å². The predicted octanol–water partition coefficient (Wildman–Crippen LogP) is 3.22. The van der Waals surface area contributed by atoms with Gasteiger partial charge in [-0.3, -0.25) is 4.79 Å². The largest absolute Gasteiger partial charge is 0.440 e. The Hall–Kier alpha value is -1.74. The minimum absolute atomic E-state index is 0.159. The maximum Gasteiger partial charge on any atom is 0.287 e. The van der Waals surface area contributed by atoms with Gasteiger partial charge in [-0.25, -0.2) is 0 Å². The lowest BCUT2D eigenvalue weighted by atomic mass is 9.88. The first-order chi connectivity index (χ1) is 9.22. The van der Waals surface area contributed by atoms with Crippen molar-refractivity contribution in [1.29, 1.82) is 0 Å². The molecule has 1 amide bonds. The quantitative estimate of drug-likeness (QED) is 0.914. The van der Waals surface area contributed by atoms with Gasteiger partial charge in [0.15, 0.2) is 11.0 Å². The zero-order valence-corrected chi connectivity index (χ0v) is 11.1. The number of benzene rings is 1. The van der Waals surface area contributed by atoms with Gasteiger partial charge in [0.05, 0.1) is 0 Å². The minimum atomic E-state index is -0.198. The van der Waals surface area contributed by atoms with Crippen molar-refractivity contribution in [3.05, 3.63) is 58.5 Å². The number of hydrogen-bond acceptors (Lipinski definition) is 2. The first kappa shape index (κ1) is 12.3. The van der Waals surface area contributed by atoms with Crippen molar-refractivity contribution in [3.8, 4) is 0 Å². The van der Waals surface area contributed by atoms with E-state index in [1.54, 1.807) is 12.1 Å². The summed E-state index contributed by atoms with van der Waals surface area (Å²) in [7, 11) is 0. The molecular formula is C15H14ClNO2. The molecule has 1 aromatic carbocycles. The molecule has 1 atom stereocenters. The SMILES string of the molecule is O=C(NC1CCc2ccccc2C1)c1ccc(Cl)o1. The Kier molecular flexibility index (Phi) is 3.30. The average molecular weight is 276 g/mol. The minimum Gasteiger partial charge on any atom is -0.440 e. The van der Waals surface area contributed by atoms with Gasteiger partial charge in [-0.1, -0.05) is 24.3 Å². The lowest BCUT2D eigenvalue weighted by molar-refractivity contribution is 0.0905. The van der Waals surface area contributed by atoms with E-state index in [-0.39, 0.29) is 22.9 Å². The molecule has 4 heteroatoms. The highest BCUT2D eigenvalue weighted by atomic mass is 35.5. The Balaban J connectivity index is 1.68. The third kappa shape index (κ3) is 2.66. The van der Waals surface area contributed by atoms with Crippen LogP contribution in [-0.2, 0) is 12.8 Å². The zero-order chi connectivity index (χ0) is 13.2. The van der Waals surface area contributed by atoms with E-state index in [4.69, 9.17) is 16.0 Å². The van der Waals surface area contributed by atoms with Gasteiger partial charge in [0.25, 0.3) is 5.91 Å². The summed E-state index contributed by atoms with van der Waals surface area (Å²) in [6.45, 7) is 0. The van der Waals surface area contributed by atoms with Gasteiger partial charge >= 0.3 is 0 Å². The van der Waals surface area contributed by atoms with Crippen molar-refractivity contribution in [3.63, 3.8) is 0 Å². The van der Waals surface area contributed by atoms with Gasteiger partial charge in [-0.2, -0.15) is 0 Å². The molecule has 19 heavy (non-hydrogen) atoms. The second-order valence-electron chi connectivity index (χ2n) is 4.79. The molecule has 2 aromatic rings. The summed E-state index contributed by atoms with van der Waals surface area (Å²) in [5, 5.41) is 3.23. The van der Waals surface area contributed by atoms with Crippen LogP contribution in [0.5, 0.6) is 0 Å². The molecule has 3 nitrogen and oxygen atoms in total. The van der Waals surface area contributed by atoms with Crippen LogP contribution in [0.3, 0.4) is 0 Å². The van der Waals surface area contributed by atoms with Crippen LogP contribution in [0, 0.1) is 0 Å². The van der Waals surface area contributed by atoms with Crippen molar-refractivity contribution in [1.82, 2.24) is 5.32 Å². The van der Waals surface area contributed by atoms with E-state index in [0.717, 1.165) is 19.3 Å². The van der Waals surface area contributed by atoms with Crippen molar-refractivity contribution >= 4 is 17.5 Å². The highest BCUT2D eigenvalue weighted by molar-refractivity contribution is 6.29. The molecule has 1 N–H and O–H groups in total. The lowest BCUT2D eigenvalue weighted by Gasteiger charge is -2.25. The molecule has 0 saturated heterocycles. The topological polar surface area (TPSA) is 42.2 Å². The Morgan fingerprint density at radius 1 is 1.21 bits per heavy atom. The maximum absolute atomic E-state index is 12.0. The maximum atomic E-state index is 12.0. The summed E-state index contributed by atoms with van der Waals surface area (Å²) in [6, 6.07) is 11.7. The standard InChI is InChI=1S/C15H14ClNO2/c16-14-8-7-13(19-14)15(18)17-12-6-5-10-3-1-2-4-11(10)9-12/h1-4,7-8,12H,5-6,9H2,(H,17,18). The van der Waals surface area contributed by atoms with Gasteiger partial charge in [-0.05, 0) is 54.1 Å². The summed E-state index contributed by atoms with van der Waals surface area (Å²) in [6.07, 6.45) is 2.83. The molecule has 1 aromatic heterocycles. The van der Waals surface area contributed by atoms with Crippen molar-refractivity contribution in [2.24, 2.45) is 0 Å². The van der Waals surface area contributed by atoms with E-state index in [0.29, 0.717) is 0 Å². The van der Waals surface area contributed by atoms with Crippen LogP contribution in [0.15, 0.2) is 40.8 Å². The molecule has 1 aliphatic rings. The highest BCUT2D eigenvalue weighted by Crippen LogP contribution is 2.21. The molecule has 0 spiro atoms. The molecule has 0 bridgehead atoms. The number of nitrogens with one attached hydrogen (secondary N) is 1. The molecule has 0 aliphatic heterocycles. The number of furan rings is 1. The van der Waals surface area contributed by atoms with Crippen LogP contribution in [-0.4, -0.2) is 11.9 Å². The third-order valence-corrected chi connectivity index (χ3v) is 3.68. The van der Waals surface area contributed by atoms with Crippen LogP contribution in [0.2, 0.25) is 5.22 Å². The summed E-state index contributed by atoms with van der Waals surface area (Å²) in [4.78, 5) is 12.0. The number of carbonyl (C=O) groups is 1. The lowest BCUT2D eigenvalue weighted by Crippen LogP contribution is -2.38. The number of amides is 1. The van der Waals surface area contributed by atoms with Crippen LogP contribution >= 0.6 is 11.6 Å². The van der Waals surface area contributed by atoms with Crippen molar-refractivity contribution < 1.29 is 9.21 Å². The number of rotatable bonds is 2. The van der Waals surface area contributed by atoms with Crippen LogP contribution in [0.4, 0.5) is 0 Å². The number of aryl methyl sites for hydroxylation is 1. The molecule has 1 aliphatic carbocycles. The second kappa shape index (κ2) is 5.10. The molecule has 0 radical (unpaired) electrons. The van der Waals surface area contributed by atoms with Gasteiger partial charge in [0.2, 0.25) is 0 Å². The number of fused-ring (bicyclic) bond motifs is 1. The van der Waals surface area contributed by atoms with E-state index in [1.165, 1.54) is 11.1 Å². The highest BCUT2D eigenvalue weighted by Gasteiger charge is 2.21. The smallest absolute Gasteiger partial charge is 0.287 e. The summed E-state index contributed by atoms with van der Waals surface area (Å²) >= 11 is 5.67. The molecule has 0 fully saturated rings. The first-order valence-electron chi connectivity index (χ1n) is 6.35. The van der Waals surface area contributed by atoms with Crippen molar-refractivity contribution in [2.75, 3.05) is 0 Å². The van der Waals surface area contributed by atoms with E-state index in [9.17, 15) is 4.79 Å². The van der Waals surface area contributed by atoms with E-state index in [2.05, 4.69) is 23.5 Å². The predicted molar refractivity (Wildman–Crippen MR) is 73.4 cm³/mol. The van der Waals surface area contributed by atoms with Gasteiger partial charge < -0.3 is 9.73 Å². The number of hydrogen-bond donors (Lipinski definition) is 1. The Labute approximate surface area is 116 Å². The van der Waals surface area contributed by atoms with E-state index >= 15 is 0 Å². The second-order valence-corrected chi connectivity index (χ2v) is 5.16.